The molecule has 1 amide bonds. The second-order valence-electron chi connectivity index (χ2n) is 6.93. The van der Waals surface area contributed by atoms with Gasteiger partial charge in [0.2, 0.25) is 0 Å². The lowest BCUT2D eigenvalue weighted by Gasteiger charge is -2.47. The van der Waals surface area contributed by atoms with Crippen LogP contribution in [0.25, 0.3) is 10.8 Å². The lowest BCUT2D eigenvalue weighted by atomic mass is 9.82. The van der Waals surface area contributed by atoms with Gasteiger partial charge in [0, 0.05) is 29.7 Å². The van der Waals surface area contributed by atoms with Gasteiger partial charge in [0.1, 0.15) is 5.69 Å². The van der Waals surface area contributed by atoms with Crippen molar-refractivity contribution in [3.8, 4) is 0 Å². The van der Waals surface area contributed by atoms with Crippen LogP contribution < -0.4 is 5.32 Å². The molecule has 1 N–H and O–H groups in total. The maximum absolute atomic E-state index is 12.7. The SMILES string of the molecule is CN1C2CCCC1CC(NC(=O)c1nccc3ccccc13)C2. The van der Waals surface area contributed by atoms with E-state index in [1.165, 1.54) is 19.3 Å². The third-order valence-corrected chi connectivity index (χ3v) is 5.56. The number of piperidine rings is 2. The van der Waals surface area contributed by atoms with Crippen molar-refractivity contribution in [2.24, 2.45) is 0 Å². The highest BCUT2D eigenvalue weighted by Gasteiger charge is 2.36. The Morgan fingerprint density at radius 3 is 2.70 bits per heavy atom. The van der Waals surface area contributed by atoms with Gasteiger partial charge in [-0.2, -0.15) is 0 Å². The number of carbonyl (C=O) groups is 1. The van der Waals surface area contributed by atoms with E-state index in [4.69, 9.17) is 0 Å². The standard InChI is InChI=1S/C19H23N3O/c1-22-15-6-4-7-16(22)12-14(11-15)21-19(23)18-17-8-3-2-5-13(17)9-10-20-18/h2-3,5,8-10,14-16H,4,6-7,11-12H2,1H3,(H,21,23). The molecule has 1 aromatic carbocycles. The summed E-state index contributed by atoms with van der Waals surface area (Å²) in [6.45, 7) is 0. The van der Waals surface area contributed by atoms with Crippen LogP contribution in [0.1, 0.15) is 42.6 Å². The molecular formula is C19H23N3O. The fourth-order valence-electron chi connectivity index (χ4n) is 4.29. The number of hydrogen-bond acceptors (Lipinski definition) is 3. The van der Waals surface area contributed by atoms with Gasteiger partial charge >= 0.3 is 0 Å². The number of carbonyl (C=O) groups excluding carboxylic acids is 1. The number of pyridine rings is 1. The van der Waals surface area contributed by atoms with Crippen molar-refractivity contribution < 1.29 is 4.79 Å². The lowest BCUT2D eigenvalue weighted by molar-refractivity contribution is 0.0462. The van der Waals surface area contributed by atoms with Crippen LogP contribution in [0.2, 0.25) is 0 Å². The Kier molecular flexibility index (Phi) is 3.77. The molecule has 2 aromatic rings. The molecule has 0 aliphatic carbocycles. The molecule has 2 aliphatic heterocycles. The first-order valence-electron chi connectivity index (χ1n) is 8.59. The van der Waals surface area contributed by atoms with Gasteiger partial charge in [-0.25, -0.2) is 0 Å². The van der Waals surface area contributed by atoms with Crippen molar-refractivity contribution in [3.63, 3.8) is 0 Å². The molecule has 4 rings (SSSR count). The monoisotopic (exact) mass is 309 g/mol. The van der Waals surface area contributed by atoms with E-state index in [1.807, 2.05) is 30.3 Å². The fraction of sp³-hybridized carbons (Fsp3) is 0.474. The van der Waals surface area contributed by atoms with Gasteiger partial charge in [0.25, 0.3) is 5.91 Å². The lowest BCUT2D eigenvalue weighted by Crippen LogP contribution is -2.55. The topological polar surface area (TPSA) is 45.2 Å². The van der Waals surface area contributed by atoms with E-state index in [0.717, 1.165) is 23.6 Å². The molecule has 0 saturated carbocycles. The van der Waals surface area contributed by atoms with Crippen molar-refractivity contribution >= 4 is 16.7 Å². The molecule has 2 atom stereocenters. The molecule has 0 spiro atoms. The molecule has 1 aromatic heterocycles. The van der Waals surface area contributed by atoms with E-state index in [2.05, 4.69) is 22.2 Å². The fourth-order valence-corrected chi connectivity index (χ4v) is 4.29. The smallest absolute Gasteiger partial charge is 0.270 e. The zero-order chi connectivity index (χ0) is 15.8. The second kappa shape index (κ2) is 5.93. The Balaban J connectivity index is 1.54. The van der Waals surface area contributed by atoms with Crippen LogP contribution >= 0.6 is 0 Å². The van der Waals surface area contributed by atoms with Crippen LogP contribution in [-0.2, 0) is 0 Å². The zero-order valence-electron chi connectivity index (χ0n) is 13.5. The number of hydrogen-bond donors (Lipinski definition) is 1. The van der Waals surface area contributed by atoms with E-state index < -0.39 is 0 Å². The summed E-state index contributed by atoms with van der Waals surface area (Å²) < 4.78 is 0. The highest BCUT2D eigenvalue weighted by atomic mass is 16.1. The first-order chi connectivity index (χ1) is 11.2. The Labute approximate surface area is 136 Å². The molecule has 2 aliphatic rings. The largest absolute Gasteiger partial charge is 0.348 e. The average Bonchev–Trinajstić information content (AvgIpc) is 2.55. The van der Waals surface area contributed by atoms with Crippen LogP contribution in [0.5, 0.6) is 0 Å². The Morgan fingerprint density at radius 2 is 1.91 bits per heavy atom. The number of aromatic nitrogens is 1. The summed E-state index contributed by atoms with van der Waals surface area (Å²) in [4.78, 5) is 19.6. The highest BCUT2D eigenvalue weighted by molar-refractivity contribution is 6.05. The molecule has 3 heterocycles. The number of nitrogens with zero attached hydrogens (tertiary/aromatic N) is 2. The molecule has 2 bridgehead atoms. The number of benzene rings is 1. The second-order valence-corrected chi connectivity index (χ2v) is 6.93. The van der Waals surface area contributed by atoms with Gasteiger partial charge in [-0.05, 0) is 44.2 Å². The van der Waals surface area contributed by atoms with Gasteiger partial charge < -0.3 is 10.2 Å². The normalized spacial score (nSPS) is 27.8. The third-order valence-electron chi connectivity index (χ3n) is 5.56. The Hall–Kier alpha value is -1.94. The number of nitrogens with one attached hydrogen (secondary N) is 1. The Bertz CT molecular complexity index is 710. The number of amides is 1. The molecule has 0 radical (unpaired) electrons. The molecular weight excluding hydrogens is 286 g/mol. The Morgan fingerprint density at radius 1 is 1.17 bits per heavy atom. The number of fused-ring (bicyclic) bond motifs is 3. The first kappa shape index (κ1) is 14.6. The third kappa shape index (κ3) is 2.72. The molecule has 4 nitrogen and oxygen atoms in total. The summed E-state index contributed by atoms with van der Waals surface area (Å²) in [5, 5.41) is 5.24. The van der Waals surface area contributed by atoms with Crippen molar-refractivity contribution in [2.45, 2.75) is 50.2 Å². The molecule has 2 saturated heterocycles. The van der Waals surface area contributed by atoms with E-state index in [9.17, 15) is 4.79 Å². The first-order valence-corrected chi connectivity index (χ1v) is 8.59. The predicted octanol–water partition coefficient (Wildman–Crippen LogP) is 2.98. The van der Waals surface area contributed by atoms with Gasteiger partial charge in [0.15, 0.2) is 0 Å². The van der Waals surface area contributed by atoms with Gasteiger partial charge in [-0.3, -0.25) is 9.78 Å². The summed E-state index contributed by atoms with van der Waals surface area (Å²) in [5.41, 5.74) is 0.548. The highest BCUT2D eigenvalue weighted by Crippen LogP contribution is 2.32. The van der Waals surface area contributed by atoms with Crippen molar-refractivity contribution in [1.82, 2.24) is 15.2 Å². The van der Waals surface area contributed by atoms with E-state index in [1.54, 1.807) is 6.20 Å². The summed E-state index contributed by atoms with van der Waals surface area (Å²) >= 11 is 0. The predicted molar refractivity (Wildman–Crippen MR) is 91.4 cm³/mol. The summed E-state index contributed by atoms with van der Waals surface area (Å²) in [7, 11) is 2.23. The average molecular weight is 309 g/mol. The van der Waals surface area contributed by atoms with Crippen molar-refractivity contribution in [2.75, 3.05) is 7.05 Å². The van der Waals surface area contributed by atoms with Crippen LogP contribution in [-0.4, -0.2) is 41.0 Å². The maximum atomic E-state index is 12.7. The molecule has 4 heteroatoms. The minimum Gasteiger partial charge on any atom is -0.348 e. The van der Waals surface area contributed by atoms with Gasteiger partial charge in [-0.15, -0.1) is 0 Å². The molecule has 2 fully saturated rings. The molecule has 23 heavy (non-hydrogen) atoms. The molecule has 2 unspecified atom stereocenters. The number of rotatable bonds is 2. The van der Waals surface area contributed by atoms with E-state index >= 15 is 0 Å². The van der Waals surface area contributed by atoms with Gasteiger partial charge in [-0.1, -0.05) is 30.7 Å². The summed E-state index contributed by atoms with van der Waals surface area (Å²) in [6, 6.07) is 11.4. The van der Waals surface area contributed by atoms with Crippen LogP contribution in [0.4, 0.5) is 0 Å². The van der Waals surface area contributed by atoms with Crippen LogP contribution in [0, 0.1) is 0 Å². The van der Waals surface area contributed by atoms with Crippen molar-refractivity contribution in [1.29, 1.82) is 0 Å². The minimum absolute atomic E-state index is 0.0329. The van der Waals surface area contributed by atoms with Gasteiger partial charge in [0.05, 0.1) is 0 Å². The van der Waals surface area contributed by atoms with E-state index in [0.29, 0.717) is 17.8 Å². The zero-order valence-corrected chi connectivity index (χ0v) is 13.5. The van der Waals surface area contributed by atoms with E-state index in [-0.39, 0.29) is 11.9 Å². The summed E-state index contributed by atoms with van der Waals surface area (Å²) in [5.74, 6) is -0.0329. The quantitative estimate of drug-likeness (QED) is 0.927. The van der Waals surface area contributed by atoms with Crippen molar-refractivity contribution in [3.05, 3.63) is 42.2 Å². The maximum Gasteiger partial charge on any atom is 0.270 e. The molecule has 120 valence electrons. The minimum atomic E-state index is -0.0329. The van der Waals surface area contributed by atoms with Crippen LogP contribution in [0.15, 0.2) is 36.5 Å². The van der Waals surface area contributed by atoms with Crippen LogP contribution in [0.3, 0.4) is 0 Å². The summed E-state index contributed by atoms with van der Waals surface area (Å²) in [6.07, 6.45) is 7.68.